The van der Waals surface area contributed by atoms with Crippen LogP contribution < -0.4 is 37.7 Å². The van der Waals surface area contributed by atoms with Gasteiger partial charge < -0.3 is 51.7 Å². The van der Waals surface area contributed by atoms with E-state index in [9.17, 15) is 29.4 Å². The summed E-state index contributed by atoms with van der Waals surface area (Å²) in [6, 6.07) is 13.3. The van der Waals surface area contributed by atoms with E-state index < -0.39 is 5.97 Å². The van der Waals surface area contributed by atoms with Gasteiger partial charge in [-0.25, -0.2) is 9.59 Å². The predicted octanol–water partition coefficient (Wildman–Crippen LogP) is 2.82. The molecule has 0 saturated carbocycles. The molecule has 14 nitrogen and oxygen atoms in total. The highest BCUT2D eigenvalue weighted by atomic mass is 32.1. The number of rotatable bonds is 16. The first-order chi connectivity index (χ1) is 23.2. The second-order valence-electron chi connectivity index (χ2n) is 10.7. The van der Waals surface area contributed by atoms with Crippen molar-refractivity contribution in [2.45, 2.75) is 19.3 Å². The Morgan fingerprint density at radius 3 is 2.42 bits per heavy atom. The first-order valence-electron chi connectivity index (χ1n) is 15.3. The molecule has 0 saturated heterocycles. The molecule has 0 fully saturated rings. The molecule has 1 heterocycles. The number of nitrogens with one attached hydrogen (secondary N) is 5. The topological polar surface area (TPSA) is 217 Å². The van der Waals surface area contributed by atoms with Crippen molar-refractivity contribution in [1.82, 2.24) is 21.3 Å². The maximum Gasteiger partial charge on any atom is 0.336 e. The number of carboxylic acid groups (broad SMARTS) is 1. The van der Waals surface area contributed by atoms with Crippen molar-refractivity contribution in [3.05, 3.63) is 70.4 Å². The fraction of sp³-hybridized carbons (Fsp3) is 0.303. The highest BCUT2D eigenvalue weighted by Gasteiger charge is 2.22. The summed E-state index contributed by atoms with van der Waals surface area (Å²) < 4.78 is 11.3. The van der Waals surface area contributed by atoms with Gasteiger partial charge in [0.15, 0.2) is 10.5 Å². The van der Waals surface area contributed by atoms with Crippen LogP contribution in [0.15, 0.2) is 63.8 Å². The predicted molar refractivity (Wildman–Crippen MR) is 186 cm³/mol. The van der Waals surface area contributed by atoms with Gasteiger partial charge in [0.25, 0.3) is 0 Å². The van der Waals surface area contributed by atoms with Crippen LogP contribution in [0.5, 0.6) is 5.75 Å². The lowest BCUT2D eigenvalue weighted by Crippen LogP contribution is -2.38. The molecule has 0 spiro atoms. The molecular formula is C33H38N6O8S. The Bertz CT molecular complexity index is 1800. The molecule has 48 heavy (non-hydrogen) atoms. The number of aromatic hydroxyl groups is 1. The zero-order chi connectivity index (χ0) is 34.5. The number of fused-ring (bicyclic) bond motifs is 2. The summed E-state index contributed by atoms with van der Waals surface area (Å²) in [5.41, 5.74) is 7.26. The Kier molecular flexibility index (Phi) is 13.1. The average Bonchev–Trinajstić information content (AvgIpc) is 3.05. The minimum Gasteiger partial charge on any atom is -0.508 e. The van der Waals surface area contributed by atoms with Crippen LogP contribution >= 0.6 is 12.2 Å². The molecule has 0 bridgehead atoms. The van der Waals surface area contributed by atoms with Gasteiger partial charge in [-0.1, -0.05) is 6.07 Å². The molecule has 0 atom stereocenters. The molecule has 4 rings (SSSR count). The summed E-state index contributed by atoms with van der Waals surface area (Å²) in [5, 5.41) is 35.0. The van der Waals surface area contributed by atoms with Crippen LogP contribution in [-0.2, 0) is 9.53 Å². The number of carboxylic acids is 1. The SMILES string of the molecule is NCCCCNC(=O)NCCOCCC(=O)NCCNC(=S)Nc1ccc(-c2c3ccc(=O)cc-3oc3cc(O)ccc23)c(C(=O)O)c1. The Morgan fingerprint density at radius 2 is 1.62 bits per heavy atom. The number of carbonyl (C=O) groups excluding carboxylic acids is 2. The lowest BCUT2D eigenvalue weighted by atomic mass is 9.90. The fourth-order valence-corrected chi connectivity index (χ4v) is 5.07. The number of amides is 3. The molecule has 15 heteroatoms. The van der Waals surface area contributed by atoms with E-state index in [1.165, 1.54) is 30.3 Å². The molecule has 0 radical (unpaired) electrons. The number of phenols is 1. The maximum absolute atomic E-state index is 12.4. The highest BCUT2D eigenvalue weighted by molar-refractivity contribution is 7.80. The van der Waals surface area contributed by atoms with Gasteiger partial charge in [-0.05, 0) is 73.6 Å². The summed E-state index contributed by atoms with van der Waals surface area (Å²) in [6.07, 6.45) is 1.82. The van der Waals surface area contributed by atoms with Crippen LogP contribution in [0.4, 0.5) is 10.5 Å². The van der Waals surface area contributed by atoms with E-state index in [2.05, 4.69) is 26.6 Å². The molecule has 254 valence electrons. The van der Waals surface area contributed by atoms with E-state index in [-0.39, 0.29) is 71.3 Å². The molecule has 3 amide bonds. The minimum absolute atomic E-state index is 0.0252. The summed E-state index contributed by atoms with van der Waals surface area (Å²) in [7, 11) is 0. The first-order valence-corrected chi connectivity index (χ1v) is 15.8. The van der Waals surface area contributed by atoms with Gasteiger partial charge in [-0.2, -0.15) is 0 Å². The molecule has 1 aliphatic heterocycles. The van der Waals surface area contributed by atoms with Crippen LogP contribution in [0.3, 0.4) is 0 Å². The number of carbonyl (C=O) groups is 3. The molecule has 9 N–H and O–H groups in total. The lowest BCUT2D eigenvalue weighted by molar-refractivity contribution is -0.122. The number of aromatic carboxylic acids is 1. The van der Waals surface area contributed by atoms with Gasteiger partial charge in [-0.3, -0.25) is 9.59 Å². The third-order valence-corrected chi connectivity index (χ3v) is 7.36. The second kappa shape index (κ2) is 17.6. The van der Waals surface area contributed by atoms with Crippen molar-refractivity contribution in [2.75, 3.05) is 51.3 Å². The van der Waals surface area contributed by atoms with Crippen molar-refractivity contribution in [3.8, 4) is 28.2 Å². The molecule has 0 aromatic heterocycles. The Labute approximate surface area is 281 Å². The smallest absolute Gasteiger partial charge is 0.336 e. The molecule has 2 aromatic rings. The number of benzene rings is 3. The number of urea groups is 1. The lowest BCUT2D eigenvalue weighted by Gasteiger charge is -2.18. The van der Waals surface area contributed by atoms with E-state index in [0.29, 0.717) is 53.9 Å². The standard InChI is InChI=1S/C33H38N6O8S/c34-10-1-2-11-36-32(45)37-14-16-46-15-9-29(42)35-12-13-38-33(48)39-20-3-6-23(26(17-20)31(43)44)30-24-7-4-21(40)18-27(24)47-28-19-22(41)5-8-25(28)30/h3-8,17-19,40H,1-2,9-16,34H2,(H,35,42)(H,43,44)(H2,36,37,45)(H2,38,39,48). The highest BCUT2D eigenvalue weighted by Crippen LogP contribution is 2.42. The van der Waals surface area contributed by atoms with Crippen molar-refractivity contribution in [2.24, 2.45) is 5.73 Å². The van der Waals surface area contributed by atoms with E-state index in [0.717, 1.165) is 12.8 Å². The summed E-state index contributed by atoms with van der Waals surface area (Å²) >= 11 is 5.36. The number of ether oxygens (including phenoxy) is 1. The van der Waals surface area contributed by atoms with Gasteiger partial charge in [0.2, 0.25) is 5.91 Å². The summed E-state index contributed by atoms with van der Waals surface area (Å²) in [4.78, 5) is 48.2. The monoisotopic (exact) mass is 678 g/mol. The second-order valence-corrected chi connectivity index (χ2v) is 11.1. The summed E-state index contributed by atoms with van der Waals surface area (Å²) in [5.74, 6) is -1.18. The molecule has 2 aromatic carbocycles. The number of unbranched alkanes of at least 4 members (excludes halogenated alkanes) is 1. The number of thiocarbonyl (C=S) groups is 1. The number of nitrogens with two attached hydrogens (primary N) is 1. The average molecular weight is 679 g/mol. The van der Waals surface area contributed by atoms with Gasteiger partial charge >= 0.3 is 12.0 Å². The zero-order valence-corrected chi connectivity index (χ0v) is 26.9. The van der Waals surface area contributed by atoms with Crippen LogP contribution in [0.1, 0.15) is 29.6 Å². The van der Waals surface area contributed by atoms with Gasteiger partial charge in [0, 0.05) is 66.9 Å². The van der Waals surface area contributed by atoms with Crippen LogP contribution in [0.2, 0.25) is 0 Å². The maximum atomic E-state index is 12.4. The van der Waals surface area contributed by atoms with E-state index in [1.807, 2.05) is 0 Å². The third kappa shape index (κ3) is 10.1. The number of phenolic OH excluding ortho intramolecular Hbond substituents is 1. The van der Waals surface area contributed by atoms with Crippen molar-refractivity contribution >= 4 is 51.9 Å². The van der Waals surface area contributed by atoms with Crippen LogP contribution in [0.25, 0.3) is 33.4 Å². The Morgan fingerprint density at radius 1 is 0.854 bits per heavy atom. The largest absolute Gasteiger partial charge is 0.508 e. The third-order valence-electron chi connectivity index (χ3n) is 7.11. The van der Waals surface area contributed by atoms with Crippen LogP contribution in [-0.4, -0.2) is 79.2 Å². The van der Waals surface area contributed by atoms with E-state index >= 15 is 0 Å². The van der Waals surface area contributed by atoms with Gasteiger partial charge in [0.1, 0.15) is 17.1 Å². The Hall–Kier alpha value is -5.25. The number of hydrogen-bond acceptors (Lipinski definition) is 9. The quantitative estimate of drug-likeness (QED) is 0.0488. The number of anilines is 1. The first kappa shape index (κ1) is 35.6. The van der Waals surface area contributed by atoms with E-state index in [4.69, 9.17) is 27.1 Å². The van der Waals surface area contributed by atoms with Crippen molar-refractivity contribution < 1.29 is 33.8 Å². The summed E-state index contributed by atoms with van der Waals surface area (Å²) in [6.45, 7) is 2.53. The fourth-order valence-electron chi connectivity index (χ4n) is 4.85. The van der Waals surface area contributed by atoms with E-state index in [1.54, 1.807) is 24.3 Å². The molecule has 2 aliphatic rings. The van der Waals surface area contributed by atoms with Crippen molar-refractivity contribution in [3.63, 3.8) is 0 Å². The minimum atomic E-state index is -1.18. The van der Waals surface area contributed by atoms with Gasteiger partial charge in [-0.15, -0.1) is 0 Å². The Balaban J connectivity index is 1.26. The molecule has 1 aliphatic carbocycles. The zero-order valence-electron chi connectivity index (χ0n) is 26.1. The molecule has 0 unspecified atom stereocenters. The van der Waals surface area contributed by atoms with Crippen molar-refractivity contribution in [1.29, 1.82) is 0 Å². The normalized spacial score (nSPS) is 10.9. The number of hydrogen-bond donors (Lipinski definition) is 8. The van der Waals surface area contributed by atoms with Crippen LogP contribution in [0, 0.1) is 0 Å². The molecular weight excluding hydrogens is 640 g/mol. The van der Waals surface area contributed by atoms with Gasteiger partial charge in [0.05, 0.1) is 18.8 Å².